The van der Waals surface area contributed by atoms with Gasteiger partial charge in [0.25, 0.3) is 0 Å². The maximum absolute atomic E-state index is 12.1. The van der Waals surface area contributed by atoms with Gasteiger partial charge in [-0.05, 0) is 51.7 Å². The highest BCUT2D eigenvalue weighted by Gasteiger charge is 2.26. The van der Waals surface area contributed by atoms with Gasteiger partial charge in [0, 0.05) is 12.2 Å². The molecule has 2 aromatic heterocycles. The molecule has 2 heterocycles. The Balaban J connectivity index is 1.91. The van der Waals surface area contributed by atoms with Crippen LogP contribution in [0.25, 0.3) is 11.2 Å². The molecule has 1 aliphatic carbocycles. The lowest BCUT2D eigenvalue weighted by atomic mass is 10.1. The highest BCUT2D eigenvalue weighted by atomic mass is 16.3. The first-order valence-electron chi connectivity index (χ1n) is 7.68. The minimum absolute atomic E-state index is 0.0338. The number of hydrogen-bond donors (Lipinski definition) is 2. The molecule has 0 unspecified atom stereocenters. The first-order chi connectivity index (χ1) is 10.3. The van der Waals surface area contributed by atoms with Gasteiger partial charge >= 0.3 is 0 Å². The van der Waals surface area contributed by atoms with Crippen molar-refractivity contribution in [3.8, 4) is 0 Å². The number of aryl methyl sites for hydroxylation is 1. The third-order valence-electron chi connectivity index (χ3n) is 3.71. The number of carbonyl (C=O) groups excluding carboxylic acids is 1. The van der Waals surface area contributed by atoms with E-state index in [4.69, 9.17) is 0 Å². The van der Waals surface area contributed by atoms with Gasteiger partial charge in [-0.1, -0.05) is 0 Å². The molecule has 0 spiro atoms. The second-order valence-electron chi connectivity index (χ2n) is 6.82. The molecule has 2 N–H and O–H groups in total. The molecule has 1 aliphatic rings. The zero-order valence-corrected chi connectivity index (χ0v) is 13.3. The van der Waals surface area contributed by atoms with Crippen LogP contribution in [0.15, 0.2) is 12.1 Å². The smallest absolute Gasteiger partial charge is 0.229 e. The molecule has 1 saturated carbocycles. The SMILES string of the molecule is Cc1ccc2nc(NC(=O)CC(C)(C)O)n(CC3CC3)c2n1. The van der Waals surface area contributed by atoms with Crippen LogP contribution >= 0.6 is 0 Å². The third-order valence-corrected chi connectivity index (χ3v) is 3.71. The lowest BCUT2D eigenvalue weighted by molar-refractivity contribution is -0.119. The van der Waals surface area contributed by atoms with Gasteiger partial charge in [0.1, 0.15) is 5.52 Å². The van der Waals surface area contributed by atoms with Crippen molar-refractivity contribution >= 4 is 23.0 Å². The fourth-order valence-electron chi connectivity index (χ4n) is 2.49. The molecule has 3 rings (SSSR count). The van der Waals surface area contributed by atoms with E-state index in [1.807, 2.05) is 23.6 Å². The normalized spacial score (nSPS) is 15.3. The van der Waals surface area contributed by atoms with E-state index < -0.39 is 5.60 Å². The number of aromatic nitrogens is 3. The van der Waals surface area contributed by atoms with Crippen LogP contribution in [0.5, 0.6) is 0 Å². The van der Waals surface area contributed by atoms with Crippen LogP contribution in [0.1, 0.15) is 38.8 Å². The number of fused-ring (bicyclic) bond motifs is 1. The average Bonchev–Trinajstić information content (AvgIpc) is 3.13. The first kappa shape index (κ1) is 15.0. The van der Waals surface area contributed by atoms with E-state index in [0.717, 1.165) is 23.4 Å². The van der Waals surface area contributed by atoms with E-state index in [0.29, 0.717) is 11.9 Å². The molecule has 2 aromatic rings. The van der Waals surface area contributed by atoms with Gasteiger partial charge in [-0.25, -0.2) is 9.97 Å². The van der Waals surface area contributed by atoms with Gasteiger partial charge in [0.05, 0.1) is 12.0 Å². The highest BCUT2D eigenvalue weighted by molar-refractivity contribution is 5.91. The van der Waals surface area contributed by atoms with Crippen LogP contribution < -0.4 is 5.32 Å². The second-order valence-corrected chi connectivity index (χ2v) is 6.82. The lowest BCUT2D eigenvalue weighted by Gasteiger charge is -2.16. The molecule has 0 aliphatic heterocycles. The fraction of sp³-hybridized carbons (Fsp3) is 0.562. The molecular formula is C16H22N4O2. The number of carbonyl (C=O) groups is 1. The minimum atomic E-state index is -1.04. The van der Waals surface area contributed by atoms with Gasteiger partial charge in [0.15, 0.2) is 5.65 Å². The van der Waals surface area contributed by atoms with Crippen LogP contribution in [-0.2, 0) is 11.3 Å². The van der Waals surface area contributed by atoms with Crippen molar-refractivity contribution in [1.82, 2.24) is 14.5 Å². The summed E-state index contributed by atoms with van der Waals surface area (Å²) in [7, 11) is 0. The number of rotatable bonds is 5. The maximum atomic E-state index is 12.1. The van der Waals surface area contributed by atoms with Gasteiger partial charge in [-0.2, -0.15) is 0 Å². The Morgan fingerprint density at radius 1 is 1.41 bits per heavy atom. The average molecular weight is 302 g/mol. The molecule has 0 aromatic carbocycles. The third kappa shape index (κ3) is 3.44. The standard InChI is InChI=1S/C16H22N4O2/c1-10-4-7-12-14(17-10)20(9-11-5-6-11)15(18-12)19-13(21)8-16(2,3)22/h4,7,11,22H,5-6,8-9H2,1-3H3,(H,18,19,21). The van der Waals surface area contributed by atoms with Crippen molar-refractivity contribution in [2.45, 2.75) is 52.2 Å². The summed E-state index contributed by atoms with van der Waals surface area (Å²) in [5.74, 6) is 0.926. The zero-order chi connectivity index (χ0) is 15.9. The van der Waals surface area contributed by atoms with Crippen molar-refractivity contribution < 1.29 is 9.90 Å². The molecule has 0 radical (unpaired) electrons. The number of imidazole rings is 1. The van der Waals surface area contributed by atoms with Crippen LogP contribution in [0, 0.1) is 12.8 Å². The predicted molar refractivity (Wildman–Crippen MR) is 84.5 cm³/mol. The summed E-state index contributed by atoms with van der Waals surface area (Å²) in [4.78, 5) is 21.1. The maximum Gasteiger partial charge on any atom is 0.229 e. The quantitative estimate of drug-likeness (QED) is 0.887. The molecule has 1 amide bonds. The molecule has 22 heavy (non-hydrogen) atoms. The van der Waals surface area contributed by atoms with E-state index in [-0.39, 0.29) is 12.3 Å². The number of nitrogens with zero attached hydrogens (tertiary/aromatic N) is 3. The number of amides is 1. The summed E-state index contributed by atoms with van der Waals surface area (Å²) in [6, 6.07) is 3.84. The molecular weight excluding hydrogens is 280 g/mol. The lowest BCUT2D eigenvalue weighted by Crippen LogP contribution is -2.28. The summed E-state index contributed by atoms with van der Waals surface area (Å²) >= 11 is 0. The van der Waals surface area contributed by atoms with E-state index in [1.165, 1.54) is 12.8 Å². The Morgan fingerprint density at radius 2 is 2.14 bits per heavy atom. The van der Waals surface area contributed by atoms with Gasteiger partial charge < -0.3 is 5.11 Å². The number of pyridine rings is 1. The molecule has 0 bridgehead atoms. The molecule has 0 atom stereocenters. The van der Waals surface area contributed by atoms with Crippen molar-refractivity contribution in [2.75, 3.05) is 5.32 Å². The highest BCUT2D eigenvalue weighted by Crippen LogP contribution is 2.33. The summed E-state index contributed by atoms with van der Waals surface area (Å²) in [5.41, 5.74) is 1.49. The number of anilines is 1. The van der Waals surface area contributed by atoms with Gasteiger partial charge in [0.2, 0.25) is 11.9 Å². The molecule has 6 nitrogen and oxygen atoms in total. The predicted octanol–water partition coefficient (Wildman–Crippen LogP) is 2.25. The Kier molecular flexibility index (Phi) is 3.64. The monoisotopic (exact) mass is 302 g/mol. The Bertz CT molecular complexity index is 711. The van der Waals surface area contributed by atoms with E-state index >= 15 is 0 Å². The summed E-state index contributed by atoms with van der Waals surface area (Å²) < 4.78 is 1.99. The summed E-state index contributed by atoms with van der Waals surface area (Å²) in [6.45, 7) is 6.00. The van der Waals surface area contributed by atoms with E-state index in [9.17, 15) is 9.90 Å². The zero-order valence-electron chi connectivity index (χ0n) is 13.3. The summed E-state index contributed by atoms with van der Waals surface area (Å²) in [5, 5.41) is 12.6. The van der Waals surface area contributed by atoms with Crippen LogP contribution in [0.2, 0.25) is 0 Å². The molecule has 1 fully saturated rings. The molecule has 6 heteroatoms. The fourth-order valence-corrected chi connectivity index (χ4v) is 2.49. The topological polar surface area (TPSA) is 80.0 Å². The van der Waals surface area contributed by atoms with Crippen molar-refractivity contribution in [3.63, 3.8) is 0 Å². The van der Waals surface area contributed by atoms with Crippen molar-refractivity contribution in [3.05, 3.63) is 17.8 Å². The molecule has 0 saturated heterocycles. The van der Waals surface area contributed by atoms with E-state index in [1.54, 1.807) is 13.8 Å². The number of hydrogen-bond acceptors (Lipinski definition) is 4. The molecule has 118 valence electrons. The largest absolute Gasteiger partial charge is 0.390 e. The number of aliphatic hydroxyl groups is 1. The first-order valence-corrected chi connectivity index (χ1v) is 7.68. The van der Waals surface area contributed by atoms with Gasteiger partial charge in [-0.3, -0.25) is 14.7 Å². The van der Waals surface area contributed by atoms with Crippen molar-refractivity contribution in [2.24, 2.45) is 5.92 Å². The van der Waals surface area contributed by atoms with E-state index in [2.05, 4.69) is 15.3 Å². The Morgan fingerprint density at radius 3 is 2.77 bits per heavy atom. The Hall–Kier alpha value is -1.95. The number of nitrogens with one attached hydrogen (secondary N) is 1. The van der Waals surface area contributed by atoms with Crippen molar-refractivity contribution in [1.29, 1.82) is 0 Å². The minimum Gasteiger partial charge on any atom is -0.390 e. The van der Waals surface area contributed by atoms with Crippen LogP contribution in [-0.4, -0.2) is 31.1 Å². The van der Waals surface area contributed by atoms with Crippen LogP contribution in [0.4, 0.5) is 5.95 Å². The van der Waals surface area contributed by atoms with Gasteiger partial charge in [-0.15, -0.1) is 0 Å². The second kappa shape index (κ2) is 5.35. The Labute approximate surface area is 129 Å². The van der Waals surface area contributed by atoms with Crippen LogP contribution in [0.3, 0.4) is 0 Å². The summed E-state index contributed by atoms with van der Waals surface area (Å²) in [6.07, 6.45) is 2.46.